The van der Waals surface area contributed by atoms with Crippen molar-refractivity contribution >= 4 is 28.6 Å². The molecule has 25 heavy (non-hydrogen) atoms. The number of hydrogen-bond acceptors (Lipinski definition) is 5. The average molecular weight is 343 g/mol. The minimum atomic E-state index is -1.07. The topological polar surface area (TPSA) is 113 Å². The van der Waals surface area contributed by atoms with Crippen LogP contribution < -0.4 is 16.3 Å². The molecule has 3 rings (SSSR count). The van der Waals surface area contributed by atoms with Gasteiger partial charge in [-0.05, 0) is 19.4 Å². The number of hydrazine groups is 1. The maximum absolute atomic E-state index is 12.6. The number of aromatic nitrogens is 2. The van der Waals surface area contributed by atoms with Gasteiger partial charge in [-0.15, -0.1) is 0 Å². The van der Waals surface area contributed by atoms with E-state index in [0.29, 0.717) is 22.2 Å². The fraction of sp³-hybridized carbons (Fsp3) is 0.312. The monoisotopic (exact) mass is 343 g/mol. The van der Waals surface area contributed by atoms with Gasteiger partial charge in [-0.2, -0.15) is 10.1 Å². The first kappa shape index (κ1) is 16.6. The van der Waals surface area contributed by atoms with Gasteiger partial charge >= 0.3 is 6.03 Å². The zero-order valence-electron chi connectivity index (χ0n) is 14.0. The van der Waals surface area contributed by atoms with Crippen molar-refractivity contribution in [2.45, 2.75) is 25.8 Å². The molecule has 1 atom stereocenters. The molecule has 1 fully saturated rings. The second-order valence-electron chi connectivity index (χ2n) is 6.02. The zero-order valence-corrected chi connectivity index (χ0v) is 14.0. The normalized spacial score (nSPS) is 20.0. The van der Waals surface area contributed by atoms with Gasteiger partial charge in [-0.3, -0.25) is 19.8 Å². The zero-order chi connectivity index (χ0) is 18.4. The molecule has 1 saturated heterocycles. The number of nitrogens with one attached hydrogen (secondary N) is 2. The van der Waals surface area contributed by atoms with Crippen LogP contribution in [0.4, 0.5) is 4.79 Å². The Morgan fingerprint density at radius 1 is 1.24 bits per heavy atom. The van der Waals surface area contributed by atoms with Crippen LogP contribution in [0.5, 0.6) is 0 Å². The third-order valence-electron chi connectivity index (χ3n) is 4.35. The Kier molecular flexibility index (Phi) is 3.78. The summed E-state index contributed by atoms with van der Waals surface area (Å²) in [6.07, 6.45) is 0.380. The van der Waals surface area contributed by atoms with Gasteiger partial charge < -0.3 is 5.32 Å². The number of aryl methyl sites for hydroxylation is 1. The van der Waals surface area contributed by atoms with Crippen LogP contribution in [0.15, 0.2) is 29.1 Å². The Bertz CT molecular complexity index is 967. The van der Waals surface area contributed by atoms with E-state index in [1.54, 1.807) is 38.1 Å². The quantitative estimate of drug-likeness (QED) is 0.778. The van der Waals surface area contributed by atoms with E-state index < -0.39 is 23.4 Å². The molecular weight excluding hydrogens is 326 g/mol. The average Bonchev–Trinajstić information content (AvgIpc) is 2.82. The van der Waals surface area contributed by atoms with Crippen molar-refractivity contribution in [1.82, 2.24) is 25.5 Å². The smallest absolute Gasteiger partial charge is 0.322 e. The van der Waals surface area contributed by atoms with E-state index in [4.69, 9.17) is 0 Å². The van der Waals surface area contributed by atoms with Gasteiger partial charge in [0.1, 0.15) is 5.54 Å². The molecule has 2 N–H and O–H groups in total. The number of fused-ring (bicyclic) bond motifs is 1. The maximum atomic E-state index is 12.6. The lowest BCUT2D eigenvalue weighted by Crippen LogP contribution is -2.49. The van der Waals surface area contributed by atoms with Crippen molar-refractivity contribution in [3.05, 3.63) is 40.3 Å². The molecule has 0 saturated carbocycles. The van der Waals surface area contributed by atoms with Gasteiger partial charge in [-0.1, -0.05) is 25.1 Å². The number of rotatable bonds is 3. The van der Waals surface area contributed by atoms with E-state index in [0.717, 1.165) is 4.68 Å². The van der Waals surface area contributed by atoms with Gasteiger partial charge in [0.05, 0.1) is 5.39 Å². The van der Waals surface area contributed by atoms with E-state index >= 15 is 0 Å². The van der Waals surface area contributed by atoms with Gasteiger partial charge in [-0.25, -0.2) is 9.48 Å². The predicted octanol–water partition coefficient (Wildman–Crippen LogP) is 0.299. The van der Waals surface area contributed by atoms with Gasteiger partial charge in [0.2, 0.25) is 0 Å². The van der Waals surface area contributed by atoms with E-state index in [2.05, 4.69) is 15.8 Å². The number of carbonyl (C=O) groups is 3. The summed E-state index contributed by atoms with van der Waals surface area (Å²) in [4.78, 5) is 49.1. The molecule has 2 heterocycles. The molecule has 1 aromatic heterocycles. The van der Waals surface area contributed by atoms with Crippen molar-refractivity contribution in [1.29, 1.82) is 0 Å². The highest BCUT2D eigenvalue weighted by atomic mass is 16.2. The van der Waals surface area contributed by atoms with Crippen LogP contribution in [0, 0.1) is 0 Å². The summed E-state index contributed by atoms with van der Waals surface area (Å²) >= 11 is 0. The first-order chi connectivity index (χ1) is 11.8. The minimum absolute atomic E-state index is 0.0524. The number of amides is 4. The Morgan fingerprint density at radius 3 is 2.48 bits per heavy atom. The number of benzene rings is 1. The highest BCUT2D eigenvalue weighted by Gasteiger charge is 2.47. The fourth-order valence-corrected chi connectivity index (χ4v) is 2.65. The van der Waals surface area contributed by atoms with Gasteiger partial charge in [0.15, 0.2) is 5.69 Å². The molecule has 4 amide bonds. The molecule has 0 unspecified atom stereocenters. The van der Waals surface area contributed by atoms with E-state index in [-0.39, 0.29) is 11.3 Å². The van der Waals surface area contributed by atoms with Gasteiger partial charge in [0.25, 0.3) is 17.4 Å². The SMILES string of the molecule is CC[C@@]1(C)NC(=O)N(NC(=O)c2nn(C)c(=O)c3ccccc23)C1=O. The predicted molar refractivity (Wildman–Crippen MR) is 88.5 cm³/mol. The molecular formula is C16H17N5O4. The molecule has 0 bridgehead atoms. The van der Waals surface area contributed by atoms with Crippen molar-refractivity contribution < 1.29 is 14.4 Å². The van der Waals surface area contributed by atoms with Gasteiger partial charge in [0, 0.05) is 12.4 Å². The van der Waals surface area contributed by atoms with Crippen LogP contribution in [0.1, 0.15) is 30.8 Å². The van der Waals surface area contributed by atoms with Crippen LogP contribution >= 0.6 is 0 Å². The molecule has 9 heteroatoms. The third-order valence-corrected chi connectivity index (χ3v) is 4.35. The first-order valence-corrected chi connectivity index (χ1v) is 7.72. The number of carbonyl (C=O) groups excluding carboxylic acids is 3. The van der Waals surface area contributed by atoms with Crippen LogP contribution in [-0.4, -0.2) is 38.2 Å². The number of hydrogen-bond donors (Lipinski definition) is 2. The summed E-state index contributed by atoms with van der Waals surface area (Å²) in [5, 5.41) is 7.82. The Morgan fingerprint density at radius 2 is 1.88 bits per heavy atom. The lowest BCUT2D eigenvalue weighted by Gasteiger charge is -2.19. The molecule has 9 nitrogen and oxygen atoms in total. The van der Waals surface area contributed by atoms with Crippen LogP contribution in [0.25, 0.3) is 10.8 Å². The molecule has 1 aliphatic heterocycles. The highest BCUT2D eigenvalue weighted by molar-refractivity contribution is 6.11. The Labute approximate surface area is 142 Å². The van der Waals surface area contributed by atoms with Crippen molar-refractivity contribution in [2.24, 2.45) is 7.05 Å². The third kappa shape index (κ3) is 2.53. The number of imide groups is 1. The molecule has 0 aliphatic carbocycles. The highest BCUT2D eigenvalue weighted by Crippen LogP contribution is 2.20. The summed E-state index contributed by atoms with van der Waals surface area (Å²) in [7, 11) is 1.42. The van der Waals surface area contributed by atoms with Crippen LogP contribution in [0.2, 0.25) is 0 Å². The lowest BCUT2D eigenvalue weighted by molar-refractivity contribution is -0.132. The molecule has 1 aliphatic rings. The second kappa shape index (κ2) is 5.69. The first-order valence-electron chi connectivity index (χ1n) is 7.72. The van der Waals surface area contributed by atoms with E-state index in [1.165, 1.54) is 7.05 Å². The molecule has 1 aromatic carbocycles. The van der Waals surface area contributed by atoms with Crippen molar-refractivity contribution in [2.75, 3.05) is 0 Å². The summed E-state index contributed by atoms with van der Waals surface area (Å²) in [6, 6.07) is 5.80. The van der Waals surface area contributed by atoms with E-state index in [1.807, 2.05) is 0 Å². The van der Waals surface area contributed by atoms with Crippen molar-refractivity contribution in [3.8, 4) is 0 Å². The Hall–Kier alpha value is -3.23. The maximum Gasteiger partial charge on any atom is 0.344 e. The summed E-state index contributed by atoms with van der Waals surface area (Å²) in [5.41, 5.74) is 0.813. The fourth-order valence-electron chi connectivity index (χ4n) is 2.65. The largest absolute Gasteiger partial charge is 0.344 e. The summed E-state index contributed by atoms with van der Waals surface area (Å²) in [5.74, 6) is -1.31. The Balaban J connectivity index is 1.99. The minimum Gasteiger partial charge on any atom is -0.322 e. The molecule has 0 spiro atoms. The second-order valence-corrected chi connectivity index (χ2v) is 6.02. The molecule has 0 radical (unpaired) electrons. The summed E-state index contributed by atoms with van der Waals surface area (Å²) < 4.78 is 1.04. The lowest BCUT2D eigenvalue weighted by atomic mass is 10.00. The number of urea groups is 1. The number of nitrogens with zero attached hydrogens (tertiary/aromatic N) is 3. The van der Waals surface area contributed by atoms with Crippen LogP contribution in [0.3, 0.4) is 0 Å². The molecule has 130 valence electrons. The van der Waals surface area contributed by atoms with E-state index in [9.17, 15) is 19.2 Å². The summed E-state index contributed by atoms with van der Waals surface area (Å²) in [6.45, 7) is 3.34. The van der Waals surface area contributed by atoms with Crippen LogP contribution in [-0.2, 0) is 11.8 Å². The standard InChI is InChI=1S/C16H17N5O4/c1-4-16(2)14(24)21(15(25)17-16)19-12(22)11-9-7-5-6-8-10(9)13(23)20(3)18-11/h5-8H,4H2,1-3H3,(H,17,25)(H,19,22)/t16-/m1/s1. The molecule has 2 aromatic rings. The van der Waals surface area contributed by atoms with Crippen molar-refractivity contribution in [3.63, 3.8) is 0 Å².